The van der Waals surface area contributed by atoms with Crippen LogP contribution in [0.25, 0.3) is 0 Å². The molecule has 0 unspecified atom stereocenters. The Morgan fingerprint density at radius 3 is 2.63 bits per heavy atom. The van der Waals surface area contributed by atoms with E-state index in [9.17, 15) is 18.1 Å². The molecule has 1 aromatic heterocycles. The molecule has 156 valence electrons. The van der Waals surface area contributed by atoms with Crippen molar-refractivity contribution in [2.75, 3.05) is 0 Å². The van der Waals surface area contributed by atoms with Gasteiger partial charge in [0.2, 0.25) is 10.0 Å². The molecule has 0 bridgehead atoms. The van der Waals surface area contributed by atoms with Gasteiger partial charge in [-0.2, -0.15) is 15.2 Å². The third-order valence-corrected chi connectivity index (χ3v) is 6.70. The fraction of sp³-hybridized carbons (Fsp3) is 0.263. The van der Waals surface area contributed by atoms with Crippen molar-refractivity contribution in [2.24, 2.45) is 0 Å². The molecule has 0 spiro atoms. The molecule has 2 aromatic carbocycles. The molecule has 0 aliphatic carbocycles. The van der Waals surface area contributed by atoms with E-state index in [0.717, 1.165) is 5.56 Å². The van der Waals surface area contributed by atoms with Gasteiger partial charge in [0.05, 0.1) is 16.5 Å². The molecule has 1 heterocycles. The predicted molar refractivity (Wildman–Crippen MR) is 108 cm³/mol. The molecular weight excluding hydrogens is 431 g/mol. The average Bonchev–Trinajstić information content (AvgIpc) is 3.23. The third kappa shape index (κ3) is 4.18. The molecule has 8 nitrogen and oxygen atoms in total. The molecule has 2 N–H and O–H groups in total. The highest BCUT2D eigenvalue weighted by atomic mass is 35.5. The highest BCUT2D eigenvalue weighted by molar-refractivity contribution is 7.89. The largest absolute Gasteiger partial charge is 0.242 e. The summed E-state index contributed by atoms with van der Waals surface area (Å²) in [5.41, 5.74) is 1.77. The Labute approximate surface area is 178 Å². The van der Waals surface area contributed by atoms with Crippen LogP contribution < -0.4 is 4.72 Å². The first-order chi connectivity index (χ1) is 14.2. The zero-order valence-corrected chi connectivity index (χ0v) is 17.9. The number of sulfonamides is 1. The number of tetrazole rings is 1. The van der Waals surface area contributed by atoms with Crippen molar-refractivity contribution in [3.8, 4) is 6.07 Å². The molecule has 30 heavy (non-hydrogen) atoms. The van der Waals surface area contributed by atoms with Gasteiger partial charge in [0, 0.05) is 10.9 Å². The minimum atomic E-state index is -4.21. The van der Waals surface area contributed by atoms with Crippen molar-refractivity contribution in [3.05, 3.63) is 69.2 Å². The number of aromatic amines is 1. The van der Waals surface area contributed by atoms with Crippen LogP contribution in [-0.2, 0) is 10.0 Å². The van der Waals surface area contributed by atoms with Gasteiger partial charge in [0.25, 0.3) is 0 Å². The molecule has 0 aliphatic rings. The maximum atomic E-state index is 14.7. The van der Waals surface area contributed by atoms with Crippen LogP contribution in [0, 0.1) is 31.0 Å². The van der Waals surface area contributed by atoms with Gasteiger partial charge in [-0.05, 0) is 54.8 Å². The number of nitrogens with one attached hydrogen (secondary N) is 2. The Balaban J connectivity index is 2.09. The number of rotatable bonds is 6. The van der Waals surface area contributed by atoms with Crippen molar-refractivity contribution in [2.45, 2.75) is 37.6 Å². The smallest absolute Gasteiger partial charge is 0.207 e. The second kappa shape index (κ2) is 8.47. The highest BCUT2D eigenvalue weighted by Gasteiger charge is 2.33. The Hall–Kier alpha value is -2.87. The molecule has 3 aromatic rings. The highest BCUT2D eigenvalue weighted by Crippen LogP contribution is 2.35. The van der Waals surface area contributed by atoms with E-state index in [1.165, 1.54) is 24.3 Å². The summed E-state index contributed by atoms with van der Waals surface area (Å²) in [6.45, 7) is 5.27. The predicted octanol–water partition coefficient (Wildman–Crippen LogP) is 3.30. The number of halogens is 2. The number of H-pyrrole nitrogens is 1. The van der Waals surface area contributed by atoms with E-state index in [1.807, 2.05) is 13.0 Å². The van der Waals surface area contributed by atoms with Gasteiger partial charge in [0.1, 0.15) is 11.9 Å². The lowest BCUT2D eigenvalue weighted by Crippen LogP contribution is -2.33. The second-order valence-corrected chi connectivity index (χ2v) is 8.93. The molecule has 0 radical (unpaired) electrons. The summed E-state index contributed by atoms with van der Waals surface area (Å²) in [4.78, 5) is -0.253. The molecule has 0 saturated heterocycles. The minimum Gasteiger partial charge on any atom is -0.207 e. The van der Waals surface area contributed by atoms with Crippen LogP contribution in [0.5, 0.6) is 0 Å². The number of hydrogen-bond acceptors (Lipinski definition) is 6. The molecule has 0 saturated carbocycles. The summed E-state index contributed by atoms with van der Waals surface area (Å²) < 4.78 is 43.4. The SMILES string of the molecule is Cc1ccc(F)c([C@@H](C)[C@H](NS(=O)(=O)c2ccc(Cl)cc2C#N)c2nn[nH]n2)c1C. The fourth-order valence-electron chi connectivity index (χ4n) is 3.26. The normalized spacial score (nSPS) is 13.6. The number of aromatic nitrogens is 4. The maximum Gasteiger partial charge on any atom is 0.242 e. The van der Waals surface area contributed by atoms with E-state index in [1.54, 1.807) is 19.9 Å². The van der Waals surface area contributed by atoms with Crippen LogP contribution in [-0.4, -0.2) is 29.0 Å². The lowest BCUT2D eigenvalue weighted by atomic mass is 9.88. The maximum absolute atomic E-state index is 14.7. The van der Waals surface area contributed by atoms with Crippen molar-refractivity contribution in [1.29, 1.82) is 5.26 Å². The minimum absolute atomic E-state index is 0.0406. The number of nitriles is 1. The molecule has 2 atom stereocenters. The van der Waals surface area contributed by atoms with E-state index in [-0.39, 0.29) is 21.3 Å². The lowest BCUT2D eigenvalue weighted by molar-refractivity contribution is 0.478. The van der Waals surface area contributed by atoms with E-state index in [0.29, 0.717) is 11.1 Å². The van der Waals surface area contributed by atoms with Crippen LogP contribution in [0.2, 0.25) is 5.02 Å². The van der Waals surface area contributed by atoms with Crippen molar-refractivity contribution in [3.63, 3.8) is 0 Å². The molecular formula is C19H18ClFN6O2S. The van der Waals surface area contributed by atoms with Crippen molar-refractivity contribution in [1.82, 2.24) is 25.3 Å². The number of aryl methyl sites for hydroxylation is 1. The first-order valence-corrected chi connectivity index (χ1v) is 10.7. The van der Waals surface area contributed by atoms with E-state index in [2.05, 4.69) is 25.3 Å². The van der Waals surface area contributed by atoms with Crippen LogP contribution >= 0.6 is 11.6 Å². The first kappa shape index (κ1) is 21.8. The Morgan fingerprint density at radius 2 is 2.00 bits per heavy atom. The standard InChI is InChI=1S/C19H18ClFN6O2S/c1-10-4-6-15(21)17(11(10)2)12(3)18(19-23-26-27-24-19)25-30(28,29)16-7-5-14(20)8-13(16)9-22/h4-8,12,18,25H,1-3H3,(H,23,24,26,27)/t12-,18+/m1/s1. The molecule has 11 heteroatoms. The van der Waals surface area contributed by atoms with E-state index >= 15 is 0 Å². The molecule has 0 aliphatic heterocycles. The van der Waals surface area contributed by atoms with Gasteiger partial charge in [-0.15, -0.1) is 10.2 Å². The Bertz CT molecular complexity index is 1220. The van der Waals surface area contributed by atoms with Gasteiger partial charge < -0.3 is 0 Å². The summed E-state index contributed by atoms with van der Waals surface area (Å²) in [6, 6.07) is 7.63. The van der Waals surface area contributed by atoms with Gasteiger partial charge >= 0.3 is 0 Å². The van der Waals surface area contributed by atoms with E-state index < -0.39 is 27.8 Å². The monoisotopic (exact) mass is 448 g/mol. The summed E-state index contributed by atoms with van der Waals surface area (Å²) in [7, 11) is -4.21. The number of hydrogen-bond donors (Lipinski definition) is 2. The van der Waals surface area contributed by atoms with Crippen molar-refractivity contribution < 1.29 is 12.8 Å². The van der Waals surface area contributed by atoms with Crippen LogP contribution in [0.1, 0.15) is 47.0 Å². The quantitative estimate of drug-likeness (QED) is 0.596. The summed E-state index contributed by atoms with van der Waals surface area (Å²) in [5.74, 6) is -1.11. The third-order valence-electron chi connectivity index (χ3n) is 4.96. The van der Waals surface area contributed by atoms with Gasteiger partial charge in [-0.25, -0.2) is 12.8 Å². The van der Waals surface area contributed by atoms with Crippen molar-refractivity contribution >= 4 is 21.6 Å². The van der Waals surface area contributed by atoms with Crippen LogP contribution in [0.15, 0.2) is 35.2 Å². The zero-order valence-electron chi connectivity index (χ0n) is 16.3. The molecule has 0 fully saturated rings. The first-order valence-electron chi connectivity index (χ1n) is 8.86. The van der Waals surface area contributed by atoms with Gasteiger partial charge in [-0.1, -0.05) is 29.8 Å². The topological polar surface area (TPSA) is 124 Å². The number of benzene rings is 2. The van der Waals surface area contributed by atoms with Crippen LogP contribution in [0.3, 0.4) is 0 Å². The Kier molecular flexibility index (Phi) is 6.17. The molecule has 0 amide bonds. The molecule has 3 rings (SSSR count). The zero-order chi connectivity index (χ0) is 22.1. The lowest BCUT2D eigenvalue weighted by Gasteiger charge is -2.25. The van der Waals surface area contributed by atoms with Crippen LogP contribution in [0.4, 0.5) is 4.39 Å². The second-order valence-electron chi connectivity index (χ2n) is 6.81. The summed E-state index contributed by atoms with van der Waals surface area (Å²) >= 11 is 5.87. The average molecular weight is 449 g/mol. The van der Waals surface area contributed by atoms with Gasteiger partial charge in [-0.3, -0.25) is 0 Å². The summed E-state index contributed by atoms with van der Waals surface area (Å²) in [6.07, 6.45) is 0. The Morgan fingerprint density at radius 1 is 1.27 bits per heavy atom. The number of nitrogens with zero attached hydrogens (tertiary/aromatic N) is 4. The summed E-state index contributed by atoms with van der Waals surface area (Å²) in [5, 5.41) is 23.1. The fourth-order valence-corrected chi connectivity index (χ4v) is 4.85. The van der Waals surface area contributed by atoms with Gasteiger partial charge in [0.15, 0.2) is 5.82 Å². The van der Waals surface area contributed by atoms with E-state index in [4.69, 9.17) is 11.6 Å².